The van der Waals surface area contributed by atoms with E-state index in [2.05, 4.69) is 6.07 Å². The van der Waals surface area contributed by atoms with Crippen molar-refractivity contribution in [3.63, 3.8) is 0 Å². The average Bonchev–Trinajstić information content (AvgIpc) is 3.09. The normalized spacial score (nSPS) is 10.7. The Hall–Kier alpha value is -3.98. The second-order valence-electron chi connectivity index (χ2n) is 5.73. The second-order valence-corrected chi connectivity index (χ2v) is 5.73. The van der Waals surface area contributed by atoms with Crippen LogP contribution < -0.4 is 4.74 Å². The van der Waals surface area contributed by atoms with Gasteiger partial charge in [-0.1, -0.05) is 30.4 Å². The first-order valence-electron chi connectivity index (χ1n) is 8.03. The highest BCUT2D eigenvalue weighted by molar-refractivity contribution is 5.91. The van der Waals surface area contributed by atoms with Crippen LogP contribution in [0.3, 0.4) is 0 Å². The van der Waals surface area contributed by atoms with Crippen LogP contribution in [0.4, 0.5) is 0 Å². The molecule has 0 atom stereocenters. The van der Waals surface area contributed by atoms with Gasteiger partial charge in [-0.25, -0.2) is 4.79 Å². The summed E-state index contributed by atoms with van der Waals surface area (Å²) in [7, 11) is 1.59. The van der Waals surface area contributed by atoms with Crippen molar-refractivity contribution in [2.24, 2.45) is 0 Å². The molecule has 6 heteroatoms. The minimum atomic E-state index is -1.20. The Morgan fingerprint density at radius 1 is 1.15 bits per heavy atom. The third kappa shape index (κ3) is 3.67. The first-order chi connectivity index (χ1) is 13.0. The largest absolute Gasteiger partial charge is 0.507 e. The lowest BCUT2D eigenvalue weighted by Gasteiger charge is -2.05. The number of methoxy groups -OCH3 is 1. The number of ether oxygens (including phenoxy) is 1. The number of nitrogens with zero attached hydrogens (tertiary/aromatic N) is 2. The summed E-state index contributed by atoms with van der Waals surface area (Å²) < 4.78 is 6.97. The average molecular weight is 360 g/mol. The van der Waals surface area contributed by atoms with Crippen LogP contribution in [0.1, 0.15) is 27.0 Å². The fourth-order valence-electron chi connectivity index (χ4n) is 2.69. The molecule has 3 rings (SSSR count). The first-order valence-corrected chi connectivity index (χ1v) is 8.03. The van der Waals surface area contributed by atoms with Gasteiger partial charge in [0.15, 0.2) is 0 Å². The second kappa shape index (κ2) is 7.50. The molecule has 0 saturated heterocycles. The third-order valence-corrected chi connectivity index (χ3v) is 4.07. The molecule has 0 aliphatic rings. The Kier molecular flexibility index (Phi) is 4.95. The Morgan fingerprint density at radius 2 is 1.89 bits per heavy atom. The third-order valence-electron chi connectivity index (χ3n) is 4.07. The van der Waals surface area contributed by atoms with Gasteiger partial charge in [0, 0.05) is 35.3 Å². The molecule has 2 aromatic carbocycles. The van der Waals surface area contributed by atoms with E-state index in [1.165, 1.54) is 12.1 Å². The van der Waals surface area contributed by atoms with Gasteiger partial charge < -0.3 is 19.5 Å². The number of aromatic carboxylic acids is 1. The molecular weight excluding hydrogens is 344 g/mol. The molecule has 1 heterocycles. The monoisotopic (exact) mass is 360 g/mol. The standard InChI is InChI=1S/C21H16N2O4/c1-27-20-5-3-2-4-14(20)6-7-15-12-23(13-16(15)11-22)17-8-9-18(21(25)26)19(24)10-17/h2-10,12-13,24H,1H3,(H,25,26). The number of benzene rings is 2. The van der Waals surface area contributed by atoms with Crippen LogP contribution in [-0.4, -0.2) is 27.9 Å². The molecule has 3 aromatic rings. The van der Waals surface area contributed by atoms with Crippen molar-refractivity contribution in [3.05, 3.63) is 77.1 Å². The molecule has 0 unspecified atom stereocenters. The molecule has 0 aliphatic carbocycles. The van der Waals surface area contributed by atoms with Crippen LogP contribution in [0.15, 0.2) is 54.9 Å². The van der Waals surface area contributed by atoms with Crippen molar-refractivity contribution in [1.29, 1.82) is 5.26 Å². The van der Waals surface area contributed by atoms with Crippen molar-refractivity contribution in [2.75, 3.05) is 7.11 Å². The van der Waals surface area contributed by atoms with Gasteiger partial charge in [-0.2, -0.15) is 5.26 Å². The fraction of sp³-hybridized carbons (Fsp3) is 0.0476. The summed E-state index contributed by atoms with van der Waals surface area (Å²) in [6, 6.07) is 13.9. The molecule has 0 radical (unpaired) electrons. The molecule has 1 aromatic heterocycles. The van der Waals surface area contributed by atoms with Crippen LogP contribution in [-0.2, 0) is 0 Å². The number of carboxylic acids is 1. The van der Waals surface area contributed by atoms with Gasteiger partial charge >= 0.3 is 5.97 Å². The summed E-state index contributed by atoms with van der Waals surface area (Å²) in [5, 5.41) is 28.3. The molecule has 0 aliphatic heterocycles. The van der Waals surface area contributed by atoms with Crippen LogP contribution >= 0.6 is 0 Å². The summed E-state index contributed by atoms with van der Waals surface area (Å²) in [5.41, 5.74) is 2.38. The van der Waals surface area contributed by atoms with E-state index in [1.807, 2.05) is 30.3 Å². The summed E-state index contributed by atoms with van der Waals surface area (Å²) in [6.07, 6.45) is 7.01. The minimum absolute atomic E-state index is 0.178. The van der Waals surface area contributed by atoms with E-state index in [9.17, 15) is 15.2 Å². The minimum Gasteiger partial charge on any atom is -0.507 e. The molecule has 2 N–H and O–H groups in total. The lowest BCUT2D eigenvalue weighted by Crippen LogP contribution is -1.98. The Morgan fingerprint density at radius 3 is 2.56 bits per heavy atom. The van der Waals surface area contributed by atoms with Gasteiger partial charge in [-0.05, 0) is 18.2 Å². The molecule has 0 saturated carbocycles. The van der Waals surface area contributed by atoms with Crippen molar-refractivity contribution in [1.82, 2.24) is 4.57 Å². The van der Waals surface area contributed by atoms with Gasteiger partial charge in [0.2, 0.25) is 0 Å². The van der Waals surface area contributed by atoms with Crippen molar-refractivity contribution < 1.29 is 19.7 Å². The lowest BCUT2D eigenvalue weighted by molar-refractivity contribution is 0.0693. The predicted octanol–water partition coefficient (Wildman–Crippen LogP) is 3.93. The molecule has 134 valence electrons. The van der Waals surface area contributed by atoms with Crippen molar-refractivity contribution in [2.45, 2.75) is 0 Å². The fourth-order valence-corrected chi connectivity index (χ4v) is 2.69. The van der Waals surface area contributed by atoms with Gasteiger partial charge in [-0.3, -0.25) is 0 Å². The van der Waals surface area contributed by atoms with Crippen molar-refractivity contribution >= 4 is 18.1 Å². The topological polar surface area (TPSA) is 95.5 Å². The number of aromatic nitrogens is 1. The van der Waals surface area contributed by atoms with Crippen LogP contribution in [0, 0.1) is 11.3 Å². The molecule has 0 fully saturated rings. The number of para-hydroxylation sites is 1. The molecule has 6 nitrogen and oxygen atoms in total. The maximum absolute atomic E-state index is 11.0. The molecular formula is C21H16N2O4. The van der Waals surface area contributed by atoms with Crippen LogP contribution in [0.25, 0.3) is 17.8 Å². The van der Waals surface area contributed by atoms with E-state index in [0.29, 0.717) is 16.8 Å². The first kappa shape index (κ1) is 17.8. The predicted molar refractivity (Wildman–Crippen MR) is 101 cm³/mol. The smallest absolute Gasteiger partial charge is 0.339 e. The lowest BCUT2D eigenvalue weighted by atomic mass is 10.1. The molecule has 0 spiro atoms. The van der Waals surface area contributed by atoms with Gasteiger partial charge in [-0.15, -0.1) is 0 Å². The summed E-state index contributed by atoms with van der Waals surface area (Å²) in [5.74, 6) is -0.816. The van der Waals surface area contributed by atoms with Crippen LogP contribution in [0.2, 0.25) is 0 Å². The Bertz CT molecular complexity index is 1070. The molecule has 0 bridgehead atoms. The number of rotatable bonds is 5. The van der Waals surface area contributed by atoms with E-state index in [-0.39, 0.29) is 11.3 Å². The molecule has 27 heavy (non-hydrogen) atoms. The number of hydrogen-bond acceptors (Lipinski definition) is 4. The van der Waals surface area contributed by atoms with E-state index in [4.69, 9.17) is 9.84 Å². The number of aromatic hydroxyl groups is 1. The van der Waals surface area contributed by atoms with Gasteiger partial charge in [0.05, 0.1) is 12.7 Å². The summed E-state index contributed by atoms with van der Waals surface area (Å²) in [4.78, 5) is 11.0. The summed E-state index contributed by atoms with van der Waals surface area (Å²) >= 11 is 0. The number of phenols is 1. The zero-order chi connectivity index (χ0) is 19.4. The Balaban J connectivity index is 1.97. The highest BCUT2D eigenvalue weighted by Gasteiger charge is 2.12. The molecule has 0 amide bonds. The highest BCUT2D eigenvalue weighted by Crippen LogP contribution is 2.25. The van der Waals surface area contributed by atoms with E-state index in [1.54, 1.807) is 36.2 Å². The van der Waals surface area contributed by atoms with Gasteiger partial charge in [0.25, 0.3) is 0 Å². The van der Waals surface area contributed by atoms with Crippen LogP contribution in [0.5, 0.6) is 11.5 Å². The van der Waals surface area contributed by atoms with Crippen molar-refractivity contribution in [3.8, 4) is 23.3 Å². The maximum Gasteiger partial charge on any atom is 0.339 e. The maximum atomic E-state index is 11.0. The van der Waals surface area contributed by atoms with Gasteiger partial charge in [0.1, 0.15) is 23.1 Å². The highest BCUT2D eigenvalue weighted by atomic mass is 16.5. The number of hydrogen-bond donors (Lipinski definition) is 2. The van der Waals surface area contributed by atoms with E-state index in [0.717, 1.165) is 11.3 Å². The van der Waals surface area contributed by atoms with E-state index < -0.39 is 5.97 Å². The van der Waals surface area contributed by atoms with E-state index >= 15 is 0 Å². The summed E-state index contributed by atoms with van der Waals surface area (Å²) in [6.45, 7) is 0. The quantitative estimate of drug-likeness (QED) is 0.719. The zero-order valence-corrected chi connectivity index (χ0v) is 14.5. The zero-order valence-electron chi connectivity index (χ0n) is 14.5. The SMILES string of the molecule is COc1ccccc1C=Cc1cn(-c2ccc(C(=O)O)c(O)c2)cc1C#N. The number of nitriles is 1. The Labute approximate surface area is 155 Å². The number of carbonyl (C=O) groups is 1. The number of carboxylic acid groups (broad SMARTS) is 1.